The maximum absolute atomic E-state index is 13.8. The maximum Gasteiger partial charge on any atom is 0.248 e. The smallest absolute Gasteiger partial charge is 0.248 e. The minimum atomic E-state index is -0.713. The molecule has 2 aromatic carbocycles. The highest BCUT2D eigenvalue weighted by molar-refractivity contribution is 5.94. The molecule has 1 unspecified atom stereocenters. The number of benzene rings is 2. The second-order valence-electron chi connectivity index (χ2n) is 4.88. The van der Waals surface area contributed by atoms with Crippen LogP contribution in [0.3, 0.4) is 0 Å². The summed E-state index contributed by atoms with van der Waals surface area (Å²) in [6.07, 6.45) is 0. The normalized spacial score (nSPS) is 12.0. The number of primary amides is 1. The van der Waals surface area contributed by atoms with Gasteiger partial charge in [-0.2, -0.15) is 0 Å². The molecule has 1 atom stereocenters. The summed E-state index contributed by atoms with van der Waals surface area (Å²) in [5, 5.41) is 3.02. The van der Waals surface area contributed by atoms with Crippen LogP contribution in [-0.4, -0.2) is 5.91 Å². The Morgan fingerprint density at radius 2 is 1.86 bits per heavy atom. The third-order valence-electron chi connectivity index (χ3n) is 3.37. The maximum atomic E-state index is 13.8. The van der Waals surface area contributed by atoms with Gasteiger partial charge >= 0.3 is 0 Å². The molecule has 110 valence electrons. The van der Waals surface area contributed by atoms with E-state index < -0.39 is 11.7 Å². The quantitative estimate of drug-likeness (QED) is 0.904. The lowest BCUT2D eigenvalue weighted by atomic mass is 10.0. The zero-order valence-electron chi connectivity index (χ0n) is 11.8. The van der Waals surface area contributed by atoms with Crippen LogP contribution in [0.15, 0.2) is 36.4 Å². The predicted molar refractivity (Wildman–Crippen MR) is 78.1 cm³/mol. The largest absolute Gasteiger partial charge is 0.378 e. The number of anilines is 1. The number of carbonyl (C=O) groups excluding carboxylic acids is 1. The number of amides is 1. The standard InChI is InChI=1S/C16H16F2N2O/c1-9-14(18)7-11(16(19)21)8-15(9)20-10(2)12-5-3-4-6-13(12)17/h3-8,10,20H,1-2H3,(H2,19,21). The number of nitrogens with one attached hydrogen (secondary N) is 1. The van der Waals surface area contributed by atoms with Gasteiger partial charge < -0.3 is 11.1 Å². The van der Waals surface area contributed by atoms with Crippen LogP contribution in [0.5, 0.6) is 0 Å². The van der Waals surface area contributed by atoms with Crippen molar-refractivity contribution in [2.75, 3.05) is 5.32 Å². The molecule has 21 heavy (non-hydrogen) atoms. The van der Waals surface area contributed by atoms with Gasteiger partial charge in [0.25, 0.3) is 0 Å². The summed E-state index contributed by atoms with van der Waals surface area (Å²) >= 11 is 0. The van der Waals surface area contributed by atoms with Crippen molar-refractivity contribution in [2.24, 2.45) is 5.73 Å². The van der Waals surface area contributed by atoms with E-state index in [0.717, 1.165) is 6.07 Å². The molecule has 0 heterocycles. The van der Waals surface area contributed by atoms with Crippen molar-refractivity contribution in [3.8, 4) is 0 Å². The molecule has 1 amide bonds. The minimum Gasteiger partial charge on any atom is -0.378 e. The molecule has 2 rings (SSSR count). The van der Waals surface area contributed by atoms with Crippen LogP contribution in [0.2, 0.25) is 0 Å². The molecule has 0 aliphatic heterocycles. The topological polar surface area (TPSA) is 55.1 Å². The number of halogens is 2. The monoisotopic (exact) mass is 290 g/mol. The summed E-state index contributed by atoms with van der Waals surface area (Å²) in [7, 11) is 0. The van der Waals surface area contributed by atoms with Crippen molar-refractivity contribution in [2.45, 2.75) is 19.9 Å². The Kier molecular flexibility index (Phi) is 4.21. The molecule has 5 heteroatoms. The molecule has 0 aliphatic carbocycles. The molecular weight excluding hydrogens is 274 g/mol. The Labute approximate surface area is 121 Å². The molecule has 0 spiro atoms. The summed E-state index contributed by atoms with van der Waals surface area (Å²) in [6, 6.07) is 8.52. The number of nitrogens with two attached hydrogens (primary N) is 1. The van der Waals surface area contributed by atoms with Crippen LogP contribution in [0.4, 0.5) is 14.5 Å². The van der Waals surface area contributed by atoms with Crippen LogP contribution >= 0.6 is 0 Å². The van der Waals surface area contributed by atoms with Crippen LogP contribution in [-0.2, 0) is 0 Å². The SMILES string of the molecule is Cc1c(F)cc(C(N)=O)cc1NC(C)c1ccccc1F. The average molecular weight is 290 g/mol. The molecule has 0 aliphatic rings. The molecular formula is C16H16F2N2O. The van der Waals surface area contributed by atoms with Gasteiger partial charge in [-0.3, -0.25) is 4.79 Å². The molecule has 0 saturated carbocycles. The fraction of sp³-hybridized carbons (Fsp3) is 0.188. The van der Waals surface area contributed by atoms with Crippen LogP contribution < -0.4 is 11.1 Å². The molecule has 3 N–H and O–H groups in total. The summed E-state index contributed by atoms with van der Waals surface area (Å²) < 4.78 is 27.6. The zero-order chi connectivity index (χ0) is 15.6. The van der Waals surface area contributed by atoms with E-state index in [1.165, 1.54) is 12.1 Å². The third kappa shape index (κ3) is 3.18. The van der Waals surface area contributed by atoms with Gasteiger partial charge in [0.15, 0.2) is 0 Å². The summed E-state index contributed by atoms with van der Waals surface area (Å²) in [6.45, 7) is 3.34. The third-order valence-corrected chi connectivity index (χ3v) is 3.37. The molecule has 0 radical (unpaired) electrons. The van der Waals surface area contributed by atoms with Gasteiger partial charge in [0.05, 0.1) is 6.04 Å². The Morgan fingerprint density at radius 1 is 1.19 bits per heavy atom. The Bertz CT molecular complexity index is 686. The van der Waals surface area contributed by atoms with E-state index in [-0.39, 0.29) is 17.4 Å². The molecule has 0 bridgehead atoms. The van der Waals surface area contributed by atoms with Gasteiger partial charge in [0.2, 0.25) is 5.91 Å². The van der Waals surface area contributed by atoms with Crippen molar-refractivity contribution in [3.05, 3.63) is 64.7 Å². The fourth-order valence-corrected chi connectivity index (χ4v) is 2.11. The van der Waals surface area contributed by atoms with Gasteiger partial charge in [0, 0.05) is 22.4 Å². The van der Waals surface area contributed by atoms with E-state index in [1.54, 1.807) is 32.0 Å². The molecule has 2 aromatic rings. The van der Waals surface area contributed by atoms with Crippen molar-refractivity contribution in [1.29, 1.82) is 0 Å². The lowest BCUT2D eigenvalue weighted by molar-refractivity contribution is 0.1000. The van der Waals surface area contributed by atoms with Gasteiger partial charge in [-0.15, -0.1) is 0 Å². The van der Waals surface area contributed by atoms with Crippen molar-refractivity contribution >= 4 is 11.6 Å². The zero-order valence-corrected chi connectivity index (χ0v) is 11.8. The molecule has 0 fully saturated rings. The van der Waals surface area contributed by atoms with Gasteiger partial charge in [-0.1, -0.05) is 18.2 Å². The first-order valence-electron chi connectivity index (χ1n) is 6.51. The highest BCUT2D eigenvalue weighted by Gasteiger charge is 2.15. The molecule has 0 aromatic heterocycles. The van der Waals surface area contributed by atoms with Crippen molar-refractivity contribution in [3.63, 3.8) is 0 Å². The summed E-state index contributed by atoms with van der Waals surface area (Å²) in [4.78, 5) is 11.2. The minimum absolute atomic E-state index is 0.0707. The summed E-state index contributed by atoms with van der Waals surface area (Å²) in [5.74, 6) is -1.59. The number of hydrogen-bond donors (Lipinski definition) is 2. The Hall–Kier alpha value is -2.43. The first kappa shape index (κ1) is 15.0. The second-order valence-corrected chi connectivity index (χ2v) is 4.88. The highest BCUT2D eigenvalue weighted by Crippen LogP contribution is 2.26. The lowest BCUT2D eigenvalue weighted by Gasteiger charge is -2.19. The van der Waals surface area contributed by atoms with E-state index in [1.807, 2.05) is 0 Å². The Morgan fingerprint density at radius 3 is 2.48 bits per heavy atom. The van der Waals surface area contributed by atoms with Gasteiger partial charge in [-0.05, 0) is 32.0 Å². The molecule has 0 saturated heterocycles. The van der Waals surface area contributed by atoms with E-state index in [4.69, 9.17) is 5.73 Å². The highest BCUT2D eigenvalue weighted by atomic mass is 19.1. The lowest BCUT2D eigenvalue weighted by Crippen LogP contribution is -2.14. The van der Waals surface area contributed by atoms with Crippen LogP contribution in [0, 0.1) is 18.6 Å². The van der Waals surface area contributed by atoms with Crippen LogP contribution in [0.25, 0.3) is 0 Å². The van der Waals surface area contributed by atoms with Crippen molar-refractivity contribution in [1.82, 2.24) is 0 Å². The van der Waals surface area contributed by atoms with Gasteiger partial charge in [-0.25, -0.2) is 8.78 Å². The first-order chi connectivity index (χ1) is 9.90. The van der Waals surface area contributed by atoms with E-state index in [0.29, 0.717) is 16.8 Å². The summed E-state index contributed by atoms with van der Waals surface area (Å²) in [5.41, 5.74) is 6.47. The number of carbonyl (C=O) groups is 1. The molecule has 3 nitrogen and oxygen atoms in total. The predicted octanol–water partition coefficient (Wildman–Crippen LogP) is 3.55. The van der Waals surface area contributed by atoms with Crippen LogP contribution in [0.1, 0.15) is 34.5 Å². The second kappa shape index (κ2) is 5.91. The van der Waals surface area contributed by atoms with E-state index in [9.17, 15) is 13.6 Å². The average Bonchev–Trinajstić information content (AvgIpc) is 2.43. The first-order valence-corrected chi connectivity index (χ1v) is 6.51. The van der Waals surface area contributed by atoms with E-state index >= 15 is 0 Å². The number of rotatable bonds is 4. The van der Waals surface area contributed by atoms with E-state index in [2.05, 4.69) is 5.32 Å². The number of hydrogen-bond acceptors (Lipinski definition) is 2. The van der Waals surface area contributed by atoms with Gasteiger partial charge in [0.1, 0.15) is 11.6 Å². The fourth-order valence-electron chi connectivity index (χ4n) is 2.11. The Balaban J connectivity index is 2.35. The van der Waals surface area contributed by atoms with Crippen molar-refractivity contribution < 1.29 is 13.6 Å².